The van der Waals surface area contributed by atoms with E-state index < -0.39 is 12.0 Å². The molecular formula is C33H31N3O3S2. The average molecular weight is 582 g/mol. The highest BCUT2D eigenvalue weighted by atomic mass is 32.2. The SMILES string of the molecule is CCOC(=O)C1=C(c2ccccc2)N=c2s/c(=C/c3ccc(N4CCCC4)cc3)c(=O)n2[C@@H]1c1ccc(SC)cc1. The molecular weight excluding hydrogens is 551 g/mol. The second-order valence-electron chi connectivity index (χ2n) is 9.99. The van der Waals surface area contributed by atoms with Crippen molar-refractivity contribution in [3.05, 3.63) is 121 Å². The van der Waals surface area contributed by atoms with Crippen molar-refractivity contribution < 1.29 is 9.53 Å². The quantitative estimate of drug-likeness (QED) is 0.220. The molecule has 0 amide bonds. The molecule has 0 N–H and O–H groups in total. The number of thioether (sulfide) groups is 1. The van der Waals surface area contributed by atoms with Crippen LogP contribution in [0.25, 0.3) is 11.8 Å². The molecule has 8 heteroatoms. The minimum Gasteiger partial charge on any atom is -0.463 e. The number of fused-ring (bicyclic) bond motifs is 1. The van der Waals surface area contributed by atoms with Gasteiger partial charge in [0.25, 0.3) is 5.56 Å². The van der Waals surface area contributed by atoms with Gasteiger partial charge in [-0.3, -0.25) is 9.36 Å². The second kappa shape index (κ2) is 11.9. The summed E-state index contributed by atoms with van der Waals surface area (Å²) in [6.07, 6.45) is 6.39. The number of benzene rings is 3. The lowest BCUT2D eigenvalue weighted by atomic mass is 9.93. The van der Waals surface area contributed by atoms with Crippen LogP contribution in [0.1, 0.15) is 42.5 Å². The topological polar surface area (TPSA) is 63.9 Å². The maximum absolute atomic E-state index is 14.1. The van der Waals surface area contributed by atoms with Gasteiger partial charge in [-0.15, -0.1) is 11.8 Å². The summed E-state index contributed by atoms with van der Waals surface area (Å²) in [5.41, 5.74) is 4.52. The third kappa shape index (κ3) is 5.42. The third-order valence-corrected chi connectivity index (χ3v) is 9.19. The highest BCUT2D eigenvalue weighted by Crippen LogP contribution is 2.35. The number of hydrogen-bond acceptors (Lipinski definition) is 7. The summed E-state index contributed by atoms with van der Waals surface area (Å²) in [7, 11) is 0. The zero-order valence-corrected chi connectivity index (χ0v) is 24.7. The molecule has 3 aromatic carbocycles. The highest BCUT2D eigenvalue weighted by molar-refractivity contribution is 7.98. The van der Waals surface area contributed by atoms with Gasteiger partial charge in [-0.1, -0.05) is 65.9 Å². The standard InChI is InChI=1S/C33H31N3O3S2/c1-3-39-32(38)28-29(23-9-5-4-6-10-23)34-33-36(30(28)24-13-17-26(40-2)18-14-24)31(37)27(41-33)21-22-11-15-25(16-12-22)35-19-7-8-20-35/h4-6,9-18,21,30H,3,7-8,19-20H2,1-2H3/b27-21+/t30-/m1/s1. The minimum absolute atomic E-state index is 0.176. The van der Waals surface area contributed by atoms with Crippen molar-refractivity contribution in [2.24, 2.45) is 4.99 Å². The van der Waals surface area contributed by atoms with Gasteiger partial charge in [0.1, 0.15) is 0 Å². The lowest BCUT2D eigenvalue weighted by Crippen LogP contribution is -2.40. The first-order valence-corrected chi connectivity index (χ1v) is 15.9. The number of esters is 1. The molecule has 1 fully saturated rings. The van der Waals surface area contributed by atoms with Gasteiger partial charge < -0.3 is 9.64 Å². The Morgan fingerprint density at radius 2 is 1.73 bits per heavy atom. The summed E-state index contributed by atoms with van der Waals surface area (Å²) in [6.45, 7) is 4.18. The third-order valence-electron chi connectivity index (χ3n) is 7.47. The largest absolute Gasteiger partial charge is 0.463 e. The van der Waals surface area contributed by atoms with Crippen molar-refractivity contribution in [3.8, 4) is 0 Å². The Bertz CT molecular complexity index is 1770. The van der Waals surface area contributed by atoms with Crippen LogP contribution in [-0.4, -0.2) is 36.5 Å². The summed E-state index contributed by atoms with van der Waals surface area (Å²) in [5, 5.41) is 0. The lowest BCUT2D eigenvalue weighted by Gasteiger charge is -2.26. The van der Waals surface area contributed by atoms with Crippen LogP contribution < -0.4 is 19.8 Å². The number of ether oxygens (including phenoxy) is 1. The van der Waals surface area contributed by atoms with Crippen molar-refractivity contribution in [1.82, 2.24) is 4.57 Å². The molecule has 0 radical (unpaired) electrons. The Balaban J connectivity index is 1.54. The molecule has 2 aliphatic heterocycles. The van der Waals surface area contributed by atoms with E-state index in [-0.39, 0.29) is 12.2 Å². The van der Waals surface area contributed by atoms with Crippen LogP contribution in [0.5, 0.6) is 0 Å². The van der Waals surface area contributed by atoms with E-state index in [9.17, 15) is 9.59 Å². The maximum Gasteiger partial charge on any atom is 0.338 e. The number of aromatic nitrogens is 1. The smallest absolute Gasteiger partial charge is 0.338 e. The molecule has 0 aliphatic carbocycles. The number of carbonyl (C=O) groups excluding carboxylic acids is 1. The second-order valence-corrected chi connectivity index (χ2v) is 11.9. The molecule has 0 unspecified atom stereocenters. The Morgan fingerprint density at radius 1 is 1.02 bits per heavy atom. The van der Waals surface area contributed by atoms with Gasteiger partial charge >= 0.3 is 5.97 Å². The van der Waals surface area contributed by atoms with Crippen LogP contribution in [0.3, 0.4) is 0 Å². The van der Waals surface area contributed by atoms with E-state index in [1.54, 1.807) is 23.3 Å². The maximum atomic E-state index is 14.1. The number of hydrogen-bond donors (Lipinski definition) is 0. The van der Waals surface area contributed by atoms with Gasteiger partial charge in [-0.25, -0.2) is 9.79 Å². The van der Waals surface area contributed by atoms with Crippen LogP contribution in [0.15, 0.2) is 99.1 Å². The molecule has 0 bridgehead atoms. The van der Waals surface area contributed by atoms with Crippen LogP contribution in [-0.2, 0) is 9.53 Å². The number of anilines is 1. The molecule has 2 aliphatic rings. The summed E-state index contributed by atoms with van der Waals surface area (Å²) in [6, 6.07) is 25.3. The van der Waals surface area contributed by atoms with Crippen LogP contribution in [0.2, 0.25) is 0 Å². The molecule has 41 heavy (non-hydrogen) atoms. The molecule has 0 saturated carbocycles. The predicted molar refractivity (Wildman–Crippen MR) is 167 cm³/mol. The van der Waals surface area contributed by atoms with Crippen molar-refractivity contribution >= 4 is 46.5 Å². The monoisotopic (exact) mass is 581 g/mol. The lowest BCUT2D eigenvalue weighted by molar-refractivity contribution is -0.138. The Kier molecular flexibility index (Phi) is 7.94. The summed E-state index contributed by atoms with van der Waals surface area (Å²) in [5.74, 6) is -0.471. The Morgan fingerprint density at radius 3 is 2.39 bits per heavy atom. The number of rotatable bonds is 7. The first-order chi connectivity index (χ1) is 20.1. The van der Waals surface area contributed by atoms with E-state index in [2.05, 4.69) is 29.2 Å². The van der Waals surface area contributed by atoms with E-state index in [0.717, 1.165) is 34.7 Å². The van der Waals surface area contributed by atoms with E-state index in [4.69, 9.17) is 9.73 Å². The molecule has 208 valence electrons. The first-order valence-electron chi connectivity index (χ1n) is 13.8. The summed E-state index contributed by atoms with van der Waals surface area (Å²) >= 11 is 2.99. The highest BCUT2D eigenvalue weighted by Gasteiger charge is 2.35. The number of thiazole rings is 1. The van der Waals surface area contributed by atoms with Gasteiger partial charge in [0.15, 0.2) is 4.80 Å². The normalized spacial score (nSPS) is 17.0. The summed E-state index contributed by atoms with van der Waals surface area (Å²) < 4.78 is 7.78. The number of nitrogens with zero attached hydrogens (tertiary/aromatic N) is 3. The van der Waals surface area contributed by atoms with Crippen molar-refractivity contribution in [3.63, 3.8) is 0 Å². The molecule has 6 rings (SSSR count). The van der Waals surface area contributed by atoms with Crippen LogP contribution in [0, 0.1) is 0 Å². The molecule has 1 saturated heterocycles. The van der Waals surface area contributed by atoms with Crippen LogP contribution in [0.4, 0.5) is 5.69 Å². The molecule has 3 heterocycles. The predicted octanol–water partition coefficient (Wildman–Crippen LogP) is 5.26. The molecule has 1 atom stereocenters. The van der Waals surface area contributed by atoms with Gasteiger partial charge in [0.2, 0.25) is 0 Å². The molecule has 0 spiro atoms. The van der Waals surface area contributed by atoms with E-state index >= 15 is 0 Å². The fourth-order valence-corrected chi connectivity index (χ4v) is 6.86. The zero-order chi connectivity index (χ0) is 28.3. The van der Waals surface area contributed by atoms with Crippen molar-refractivity contribution in [2.45, 2.75) is 30.7 Å². The fourth-order valence-electron chi connectivity index (χ4n) is 5.45. The summed E-state index contributed by atoms with van der Waals surface area (Å²) in [4.78, 5) is 36.6. The minimum atomic E-state index is -0.670. The first kappa shape index (κ1) is 27.3. The van der Waals surface area contributed by atoms with Gasteiger partial charge in [-0.05, 0) is 67.5 Å². The van der Waals surface area contributed by atoms with Gasteiger partial charge in [0, 0.05) is 29.2 Å². The fraction of sp³-hybridized carbons (Fsp3) is 0.242. The molecule has 1 aromatic heterocycles. The van der Waals surface area contributed by atoms with Crippen molar-refractivity contribution in [2.75, 3.05) is 30.9 Å². The van der Waals surface area contributed by atoms with Crippen molar-refractivity contribution in [1.29, 1.82) is 0 Å². The van der Waals surface area contributed by atoms with Gasteiger partial charge in [0.05, 0.1) is 28.5 Å². The molecule has 4 aromatic rings. The van der Waals surface area contributed by atoms with E-state index in [0.29, 0.717) is 20.6 Å². The van der Waals surface area contributed by atoms with E-state index in [1.165, 1.54) is 29.9 Å². The van der Waals surface area contributed by atoms with E-state index in [1.807, 2.05) is 66.9 Å². The van der Waals surface area contributed by atoms with Gasteiger partial charge in [-0.2, -0.15) is 0 Å². The zero-order valence-electron chi connectivity index (χ0n) is 23.1. The number of carbonyl (C=O) groups is 1. The molecule has 6 nitrogen and oxygen atoms in total. The average Bonchev–Trinajstić information content (AvgIpc) is 3.66. The Labute approximate surface area is 247 Å². The van der Waals surface area contributed by atoms with Crippen LogP contribution >= 0.6 is 23.1 Å². The Hall–Kier alpha value is -3.88.